The van der Waals surface area contributed by atoms with Gasteiger partial charge in [-0.05, 0) is 59.5 Å². The van der Waals surface area contributed by atoms with Crippen LogP contribution in [-0.4, -0.2) is 82.3 Å². The molecule has 0 bridgehead atoms. The summed E-state index contributed by atoms with van der Waals surface area (Å²) in [6, 6.07) is 1.69. The molecule has 1 atom stereocenters. The lowest BCUT2D eigenvalue weighted by Gasteiger charge is -2.48. The number of anilines is 1. The smallest absolute Gasteiger partial charge is 0.135 e. The Labute approximate surface area is 164 Å². The largest absolute Gasteiger partial charge is 0.396 e. The molecule has 2 fully saturated rings. The standard InChI is InChI=1S/C21H37N5O/c1-5-18-14-22-17(4)23-21(18)25-11-12-26(20(15-25)8-13-27)19-6-9-24(10-7-19)16(2)3/h14,16,19-20,27H,5-13,15H2,1-4H3/t20-/m1/s1. The predicted octanol–water partition coefficient (Wildman–Crippen LogP) is 2.09. The third kappa shape index (κ3) is 4.79. The van der Waals surface area contributed by atoms with Gasteiger partial charge in [0.15, 0.2) is 0 Å². The lowest BCUT2D eigenvalue weighted by atomic mass is 9.97. The summed E-state index contributed by atoms with van der Waals surface area (Å²) in [6.45, 7) is 14.4. The maximum Gasteiger partial charge on any atom is 0.135 e. The van der Waals surface area contributed by atoms with E-state index in [0.29, 0.717) is 18.1 Å². The van der Waals surface area contributed by atoms with Gasteiger partial charge in [-0.2, -0.15) is 0 Å². The van der Waals surface area contributed by atoms with Crippen molar-refractivity contribution in [3.8, 4) is 0 Å². The molecule has 6 nitrogen and oxygen atoms in total. The molecule has 152 valence electrons. The molecular formula is C21H37N5O. The van der Waals surface area contributed by atoms with Gasteiger partial charge in [-0.25, -0.2) is 9.97 Å². The van der Waals surface area contributed by atoms with Crippen molar-refractivity contribution in [1.82, 2.24) is 19.8 Å². The van der Waals surface area contributed by atoms with Crippen molar-refractivity contribution in [2.24, 2.45) is 0 Å². The van der Waals surface area contributed by atoms with E-state index in [9.17, 15) is 5.11 Å². The van der Waals surface area contributed by atoms with E-state index in [4.69, 9.17) is 4.98 Å². The number of rotatable bonds is 6. The number of piperidine rings is 1. The lowest BCUT2D eigenvalue weighted by molar-refractivity contribution is 0.0462. The molecular weight excluding hydrogens is 338 g/mol. The Morgan fingerprint density at radius 2 is 1.93 bits per heavy atom. The van der Waals surface area contributed by atoms with Crippen LogP contribution >= 0.6 is 0 Å². The molecule has 3 heterocycles. The van der Waals surface area contributed by atoms with Gasteiger partial charge < -0.3 is 14.9 Å². The van der Waals surface area contributed by atoms with Gasteiger partial charge in [-0.3, -0.25) is 4.90 Å². The first-order chi connectivity index (χ1) is 13.0. The average Bonchev–Trinajstić information content (AvgIpc) is 2.68. The number of aromatic nitrogens is 2. The summed E-state index contributed by atoms with van der Waals surface area (Å²) in [6.07, 6.45) is 6.26. The molecule has 0 spiro atoms. The third-order valence-corrected chi connectivity index (χ3v) is 6.33. The molecule has 0 saturated carbocycles. The number of piperazine rings is 1. The van der Waals surface area contributed by atoms with Crippen LogP contribution in [0.1, 0.15) is 51.4 Å². The van der Waals surface area contributed by atoms with Gasteiger partial charge in [-0.1, -0.05) is 6.92 Å². The minimum absolute atomic E-state index is 0.253. The maximum absolute atomic E-state index is 9.67. The third-order valence-electron chi connectivity index (χ3n) is 6.33. The van der Waals surface area contributed by atoms with Crippen LogP contribution in [0.4, 0.5) is 5.82 Å². The van der Waals surface area contributed by atoms with Crippen LogP contribution in [0.25, 0.3) is 0 Å². The molecule has 27 heavy (non-hydrogen) atoms. The van der Waals surface area contributed by atoms with Gasteiger partial charge in [0.05, 0.1) is 0 Å². The zero-order valence-corrected chi connectivity index (χ0v) is 17.6. The van der Waals surface area contributed by atoms with E-state index in [0.717, 1.165) is 44.1 Å². The fourth-order valence-corrected chi connectivity index (χ4v) is 4.69. The van der Waals surface area contributed by atoms with Crippen molar-refractivity contribution in [2.75, 3.05) is 44.2 Å². The van der Waals surface area contributed by atoms with Crippen LogP contribution < -0.4 is 4.90 Å². The molecule has 1 aromatic heterocycles. The monoisotopic (exact) mass is 375 g/mol. The second kappa shape index (κ2) is 9.30. The van der Waals surface area contributed by atoms with Crippen LogP contribution in [0.3, 0.4) is 0 Å². The number of hydrogen-bond acceptors (Lipinski definition) is 6. The van der Waals surface area contributed by atoms with Gasteiger partial charge in [-0.15, -0.1) is 0 Å². The zero-order valence-electron chi connectivity index (χ0n) is 17.6. The summed E-state index contributed by atoms with van der Waals surface area (Å²) < 4.78 is 0. The molecule has 1 aromatic rings. The predicted molar refractivity (Wildman–Crippen MR) is 110 cm³/mol. The molecule has 0 unspecified atom stereocenters. The first kappa shape index (κ1) is 20.5. The Morgan fingerprint density at radius 3 is 2.56 bits per heavy atom. The van der Waals surface area contributed by atoms with E-state index < -0.39 is 0 Å². The van der Waals surface area contributed by atoms with Gasteiger partial charge >= 0.3 is 0 Å². The number of aliphatic hydroxyl groups is 1. The van der Waals surface area contributed by atoms with Crippen LogP contribution in [0, 0.1) is 6.92 Å². The van der Waals surface area contributed by atoms with Crippen LogP contribution in [0.5, 0.6) is 0 Å². The Balaban J connectivity index is 1.70. The van der Waals surface area contributed by atoms with Crippen molar-refractivity contribution in [3.05, 3.63) is 17.6 Å². The van der Waals surface area contributed by atoms with Crippen molar-refractivity contribution in [2.45, 2.75) is 71.5 Å². The van der Waals surface area contributed by atoms with Gasteiger partial charge in [0.25, 0.3) is 0 Å². The quantitative estimate of drug-likeness (QED) is 0.822. The molecule has 0 aromatic carbocycles. The zero-order chi connectivity index (χ0) is 19.4. The fraction of sp³-hybridized carbons (Fsp3) is 0.810. The summed E-state index contributed by atoms with van der Waals surface area (Å²) in [5.41, 5.74) is 1.22. The maximum atomic E-state index is 9.67. The van der Waals surface area contributed by atoms with E-state index in [1.165, 1.54) is 31.5 Å². The van der Waals surface area contributed by atoms with Crippen molar-refractivity contribution < 1.29 is 5.11 Å². The van der Waals surface area contributed by atoms with Crippen molar-refractivity contribution >= 4 is 5.82 Å². The van der Waals surface area contributed by atoms with Crippen LogP contribution in [-0.2, 0) is 6.42 Å². The highest BCUT2D eigenvalue weighted by Gasteiger charge is 2.34. The van der Waals surface area contributed by atoms with E-state index in [-0.39, 0.29) is 6.61 Å². The van der Waals surface area contributed by atoms with Crippen LogP contribution in [0.2, 0.25) is 0 Å². The topological polar surface area (TPSA) is 55.7 Å². The van der Waals surface area contributed by atoms with Crippen molar-refractivity contribution in [1.29, 1.82) is 0 Å². The summed E-state index contributed by atoms with van der Waals surface area (Å²) in [5, 5.41) is 9.67. The number of likely N-dealkylation sites (tertiary alicyclic amines) is 1. The second-order valence-corrected chi connectivity index (χ2v) is 8.33. The fourth-order valence-electron chi connectivity index (χ4n) is 4.69. The van der Waals surface area contributed by atoms with Gasteiger partial charge in [0.2, 0.25) is 0 Å². The minimum Gasteiger partial charge on any atom is -0.396 e. The number of nitrogens with zero attached hydrogens (tertiary/aromatic N) is 5. The SMILES string of the molecule is CCc1cnc(C)nc1N1CCN(C2CCN(C(C)C)CC2)[C@H](CCO)C1. The summed E-state index contributed by atoms with van der Waals surface area (Å²) in [4.78, 5) is 16.8. The summed E-state index contributed by atoms with van der Waals surface area (Å²) >= 11 is 0. The highest BCUT2D eigenvalue weighted by Crippen LogP contribution is 2.27. The molecule has 2 aliphatic heterocycles. The highest BCUT2D eigenvalue weighted by molar-refractivity contribution is 5.47. The number of hydrogen-bond donors (Lipinski definition) is 1. The Hall–Kier alpha value is -1.24. The molecule has 3 rings (SSSR count). The molecule has 0 aliphatic carbocycles. The van der Waals surface area contributed by atoms with Gasteiger partial charge in [0.1, 0.15) is 11.6 Å². The second-order valence-electron chi connectivity index (χ2n) is 8.33. The van der Waals surface area contributed by atoms with Crippen LogP contribution in [0.15, 0.2) is 6.20 Å². The molecule has 0 radical (unpaired) electrons. The summed E-state index contributed by atoms with van der Waals surface area (Å²) in [5.74, 6) is 1.94. The summed E-state index contributed by atoms with van der Waals surface area (Å²) in [7, 11) is 0. The molecule has 2 aliphatic rings. The highest BCUT2D eigenvalue weighted by atomic mass is 16.3. The van der Waals surface area contributed by atoms with E-state index in [1.807, 2.05) is 13.1 Å². The average molecular weight is 376 g/mol. The normalized spacial score (nSPS) is 23.3. The Kier molecular flexibility index (Phi) is 7.06. The Morgan fingerprint density at radius 1 is 1.19 bits per heavy atom. The molecule has 1 N–H and O–H groups in total. The minimum atomic E-state index is 0.253. The van der Waals surface area contributed by atoms with E-state index >= 15 is 0 Å². The Bertz CT molecular complexity index is 600. The van der Waals surface area contributed by atoms with E-state index in [1.54, 1.807) is 0 Å². The van der Waals surface area contributed by atoms with Gasteiger partial charge in [0, 0.05) is 56.1 Å². The number of aliphatic hydroxyl groups excluding tert-OH is 1. The number of aryl methyl sites for hydroxylation is 2. The van der Waals surface area contributed by atoms with E-state index in [2.05, 4.69) is 40.5 Å². The van der Waals surface area contributed by atoms with Crippen molar-refractivity contribution in [3.63, 3.8) is 0 Å². The lowest BCUT2D eigenvalue weighted by Crippen LogP contribution is -2.59. The molecule has 2 saturated heterocycles. The first-order valence-corrected chi connectivity index (χ1v) is 10.7. The molecule has 6 heteroatoms. The first-order valence-electron chi connectivity index (χ1n) is 10.7. The molecule has 0 amide bonds.